The Morgan fingerprint density at radius 1 is 1.26 bits per heavy atom. The minimum Gasteiger partial charge on any atom is -0.339 e. The van der Waals surface area contributed by atoms with Crippen molar-refractivity contribution < 1.29 is 9.59 Å². The predicted molar refractivity (Wildman–Crippen MR) is 90.7 cm³/mol. The van der Waals surface area contributed by atoms with E-state index in [1.165, 1.54) is 0 Å². The van der Waals surface area contributed by atoms with Crippen molar-refractivity contribution in [2.24, 2.45) is 0 Å². The third kappa shape index (κ3) is 2.74. The summed E-state index contributed by atoms with van der Waals surface area (Å²) in [5.41, 5.74) is 1.83. The average Bonchev–Trinajstić information content (AvgIpc) is 2.76. The smallest absolute Gasteiger partial charge is 0.253 e. The molecule has 23 heavy (non-hydrogen) atoms. The third-order valence-electron chi connectivity index (χ3n) is 5.24. The van der Waals surface area contributed by atoms with Gasteiger partial charge in [-0.05, 0) is 64.5 Å². The molecule has 2 amide bonds. The van der Waals surface area contributed by atoms with Crippen molar-refractivity contribution in [1.82, 2.24) is 9.80 Å². The van der Waals surface area contributed by atoms with Crippen molar-refractivity contribution in [3.8, 4) is 0 Å². The lowest BCUT2D eigenvalue weighted by Crippen LogP contribution is -2.44. The molecule has 124 valence electrons. The predicted octanol–water partition coefficient (Wildman–Crippen LogP) is 2.08. The van der Waals surface area contributed by atoms with Crippen LogP contribution in [0, 0.1) is 0 Å². The molecule has 0 unspecified atom stereocenters. The molecule has 1 aromatic carbocycles. The van der Waals surface area contributed by atoms with Crippen LogP contribution in [0.2, 0.25) is 0 Å². The van der Waals surface area contributed by atoms with Gasteiger partial charge in [-0.3, -0.25) is 9.59 Å². The number of nitrogens with one attached hydrogen (secondary N) is 1. The fraction of sp³-hybridized carbons (Fsp3) is 0.556. The Hall–Kier alpha value is -1.88. The van der Waals surface area contributed by atoms with Crippen molar-refractivity contribution >= 4 is 17.5 Å². The highest BCUT2D eigenvalue weighted by atomic mass is 16.2. The first-order chi connectivity index (χ1) is 10.8. The molecule has 0 spiro atoms. The van der Waals surface area contributed by atoms with E-state index in [9.17, 15) is 9.59 Å². The molecule has 0 aromatic heterocycles. The van der Waals surface area contributed by atoms with Crippen LogP contribution in [0.4, 0.5) is 5.69 Å². The molecule has 0 atom stereocenters. The van der Waals surface area contributed by atoms with E-state index in [0.717, 1.165) is 37.2 Å². The maximum atomic E-state index is 12.8. The maximum Gasteiger partial charge on any atom is 0.253 e. The lowest BCUT2D eigenvalue weighted by molar-refractivity contribution is -0.119. The number of anilines is 1. The highest BCUT2D eigenvalue weighted by Gasteiger charge is 2.39. The number of fused-ring (bicyclic) bond motifs is 1. The van der Waals surface area contributed by atoms with Crippen LogP contribution in [0.1, 0.15) is 42.6 Å². The van der Waals surface area contributed by atoms with Gasteiger partial charge in [-0.2, -0.15) is 0 Å². The maximum absolute atomic E-state index is 12.8. The molecule has 1 saturated heterocycles. The summed E-state index contributed by atoms with van der Waals surface area (Å²) >= 11 is 0. The summed E-state index contributed by atoms with van der Waals surface area (Å²) in [6.07, 6.45) is 2.02. The topological polar surface area (TPSA) is 52.7 Å². The molecule has 2 aliphatic heterocycles. The number of benzene rings is 1. The number of amides is 2. The van der Waals surface area contributed by atoms with Crippen LogP contribution in [0.5, 0.6) is 0 Å². The largest absolute Gasteiger partial charge is 0.339 e. The van der Waals surface area contributed by atoms with Gasteiger partial charge in [0, 0.05) is 30.4 Å². The van der Waals surface area contributed by atoms with Crippen molar-refractivity contribution in [3.63, 3.8) is 0 Å². The molecule has 3 rings (SSSR count). The fourth-order valence-corrected chi connectivity index (χ4v) is 3.47. The first-order valence-electron chi connectivity index (χ1n) is 8.22. The second-order valence-electron chi connectivity index (χ2n) is 7.33. The molecule has 5 heteroatoms. The molecule has 0 radical (unpaired) electrons. The van der Waals surface area contributed by atoms with Gasteiger partial charge in [0.25, 0.3) is 5.91 Å². The van der Waals surface area contributed by atoms with Gasteiger partial charge in [-0.15, -0.1) is 0 Å². The second-order valence-corrected chi connectivity index (χ2v) is 7.33. The van der Waals surface area contributed by atoms with Gasteiger partial charge in [0.15, 0.2) is 0 Å². The van der Waals surface area contributed by atoms with E-state index in [4.69, 9.17) is 0 Å². The van der Waals surface area contributed by atoms with Crippen molar-refractivity contribution in [2.75, 3.05) is 32.5 Å². The fourth-order valence-electron chi connectivity index (χ4n) is 3.47. The standard InChI is InChI=1S/C18H25N3O2/c1-18(2)14-11-12(5-6-15(14)19-17(18)23)16(22)21-9-7-13(8-10-21)20(3)4/h5-6,11,13H,7-10H2,1-4H3,(H,19,23). The quantitative estimate of drug-likeness (QED) is 0.909. The SMILES string of the molecule is CN(C)C1CCN(C(=O)c2ccc3c(c2)C(C)(C)C(=O)N3)CC1. The van der Waals surface area contributed by atoms with Gasteiger partial charge in [0.1, 0.15) is 0 Å². The van der Waals surface area contributed by atoms with Crippen LogP contribution in [0.15, 0.2) is 18.2 Å². The zero-order valence-electron chi connectivity index (χ0n) is 14.3. The molecular formula is C18H25N3O2. The summed E-state index contributed by atoms with van der Waals surface area (Å²) in [7, 11) is 4.18. The minimum atomic E-state index is -0.580. The molecule has 0 bridgehead atoms. The molecule has 2 heterocycles. The highest BCUT2D eigenvalue weighted by Crippen LogP contribution is 2.37. The van der Waals surface area contributed by atoms with E-state index >= 15 is 0 Å². The zero-order chi connectivity index (χ0) is 16.8. The molecule has 5 nitrogen and oxygen atoms in total. The van der Waals surface area contributed by atoms with Crippen LogP contribution in [-0.2, 0) is 10.2 Å². The number of rotatable bonds is 2. The van der Waals surface area contributed by atoms with Crippen molar-refractivity contribution in [3.05, 3.63) is 29.3 Å². The Morgan fingerprint density at radius 2 is 1.91 bits per heavy atom. The summed E-state index contributed by atoms with van der Waals surface area (Å²) in [5.74, 6) is 0.0593. The van der Waals surface area contributed by atoms with Gasteiger partial charge in [0.05, 0.1) is 5.41 Å². The highest BCUT2D eigenvalue weighted by molar-refractivity contribution is 6.07. The lowest BCUT2D eigenvalue weighted by atomic mass is 9.85. The normalized spacial score (nSPS) is 20.6. The summed E-state index contributed by atoms with van der Waals surface area (Å²) in [5, 5.41) is 2.88. The van der Waals surface area contributed by atoms with Crippen LogP contribution in [0.3, 0.4) is 0 Å². The molecule has 1 aromatic rings. The van der Waals surface area contributed by atoms with E-state index in [2.05, 4.69) is 24.3 Å². The van der Waals surface area contributed by atoms with Gasteiger partial charge in [-0.1, -0.05) is 0 Å². The summed E-state index contributed by atoms with van der Waals surface area (Å²) in [4.78, 5) is 29.0. The van der Waals surface area contributed by atoms with Gasteiger partial charge >= 0.3 is 0 Å². The molecule has 2 aliphatic rings. The third-order valence-corrected chi connectivity index (χ3v) is 5.24. The zero-order valence-corrected chi connectivity index (χ0v) is 14.3. The van der Waals surface area contributed by atoms with Gasteiger partial charge in [-0.25, -0.2) is 0 Å². The van der Waals surface area contributed by atoms with E-state index in [1.54, 1.807) is 0 Å². The number of carbonyl (C=O) groups is 2. The second kappa shape index (κ2) is 5.64. The van der Waals surface area contributed by atoms with Crippen LogP contribution < -0.4 is 5.32 Å². The summed E-state index contributed by atoms with van der Waals surface area (Å²) in [6.45, 7) is 5.37. The monoisotopic (exact) mass is 315 g/mol. The number of hydrogen-bond acceptors (Lipinski definition) is 3. The molecule has 1 fully saturated rings. The molecular weight excluding hydrogens is 290 g/mol. The Labute approximate surface area is 137 Å². The minimum absolute atomic E-state index is 0.0103. The summed E-state index contributed by atoms with van der Waals surface area (Å²) in [6, 6.07) is 6.11. The van der Waals surface area contributed by atoms with Crippen molar-refractivity contribution in [2.45, 2.75) is 38.1 Å². The van der Waals surface area contributed by atoms with Crippen LogP contribution in [0.25, 0.3) is 0 Å². The Kier molecular flexibility index (Phi) is 3.92. The Bertz CT molecular complexity index is 644. The van der Waals surface area contributed by atoms with E-state index in [1.807, 2.05) is 36.9 Å². The average molecular weight is 315 g/mol. The van der Waals surface area contributed by atoms with Crippen LogP contribution in [-0.4, -0.2) is 54.8 Å². The number of piperidine rings is 1. The van der Waals surface area contributed by atoms with Crippen LogP contribution >= 0.6 is 0 Å². The number of nitrogens with zero attached hydrogens (tertiary/aromatic N) is 2. The summed E-state index contributed by atoms with van der Waals surface area (Å²) < 4.78 is 0. The van der Waals surface area contributed by atoms with Crippen molar-refractivity contribution in [1.29, 1.82) is 0 Å². The van der Waals surface area contributed by atoms with E-state index < -0.39 is 5.41 Å². The van der Waals surface area contributed by atoms with E-state index in [0.29, 0.717) is 11.6 Å². The lowest BCUT2D eigenvalue weighted by Gasteiger charge is -2.35. The number of hydrogen-bond donors (Lipinski definition) is 1. The molecule has 0 saturated carbocycles. The molecule has 0 aliphatic carbocycles. The van der Waals surface area contributed by atoms with Gasteiger partial charge in [0.2, 0.25) is 5.91 Å². The molecule has 1 N–H and O–H groups in total. The Morgan fingerprint density at radius 3 is 2.52 bits per heavy atom. The number of likely N-dealkylation sites (tertiary alicyclic amines) is 1. The van der Waals surface area contributed by atoms with Gasteiger partial charge < -0.3 is 15.1 Å². The first-order valence-corrected chi connectivity index (χ1v) is 8.22. The number of carbonyl (C=O) groups excluding carboxylic acids is 2. The Balaban J connectivity index is 1.78. The first kappa shape index (κ1) is 16.0. The van der Waals surface area contributed by atoms with E-state index in [-0.39, 0.29) is 11.8 Å².